The summed E-state index contributed by atoms with van der Waals surface area (Å²) in [5.41, 5.74) is 1.46. The highest BCUT2D eigenvalue weighted by atomic mass is 19.1. The summed E-state index contributed by atoms with van der Waals surface area (Å²) >= 11 is 0. The van der Waals surface area contributed by atoms with Gasteiger partial charge in [-0.2, -0.15) is 0 Å². The van der Waals surface area contributed by atoms with E-state index >= 15 is 0 Å². The lowest BCUT2D eigenvalue weighted by Crippen LogP contribution is -1.99. The van der Waals surface area contributed by atoms with E-state index in [-0.39, 0.29) is 11.3 Å². The number of halogens is 1. The second-order valence-electron chi connectivity index (χ2n) is 3.40. The van der Waals surface area contributed by atoms with Gasteiger partial charge in [-0.15, -0.1) is 0 Å². The second kappa shape index (κ2) is 4.79. The molecule has 1 rings (SSSR count). The minimum absolute atomic E-state index is 0.107. The molecule has 0 aliphatic carbocycles. The molecule has 0 aliphatic heterocycles. The minimum Gasteiger partial charge on any atom is -0.494 e. The van der Waals surface area contributed by atoms with Gasteiger partial charge in [-0.1, -0.05) is 6.07 Å². The van der Waals surface area contributed by atoms with E-state index in [9.17, 15) is 9.18 Å². The molecule has 3 nitrogen and oxygen atoms in total. The van der Waals surface area contributed by atoms with Crippen LogP contribution in [0.2, 0.25) is 0 Å². The van der Waals surface area contributed by atoms with Crippen molar-refractivity contribution in [2.24, 2.45) is 0 Å². The molecule has 0 unspecified atom stereocenters. The maximum absolute atomic E-state index is 13.1. The largest absolute Gasteiger partial charge is 0.494 e. The zero-order valence-corrected chi connectivity index (χ0v) is 9.37. The Hall–Kier alpha value is -1.84. The van der Waals surface area contributed by atoms with Crippen LogP contribution in [-0.4, -0.2) is 18.2 Å². The number of hydrogen-bond acceptors (Lipinski definition) is 2. The van der Waals surface area contributed by atoms with Gasteiger partial charge in [0.15, 0.2) is 11.6 Å². The van der Waals surface area contributed by atoms with Gasteiger partial charge in [0.2, 0.25) is 0 Å². The van der Waals surface area contributed by atoms with Crippen LogP contribution in [0.25, 0.3) is 5.57 Å². The number of carbonyl (C=O) groups is 1. The Balaban J connectivity index is 3.25. The SMILES string of the molecule is COc1cc(/C(C)=C(\C)C(=O)O)ccc1F. The van der Waals surface area contributed by atoms with E-state index < -0.39 is 11.8 Å². The van der Waals surface area contributed by atoms with Crippen molar-refractivity contribution in [2.75, 3.05) is 7.11 Å². The summed E-state index contributed by atoms with van der Waals surface area (Å²) < 4.78 is 18.0. The summed E-state index contributed by atoms with van der Waals surface area (Å²) in [5.74, 6) is -1.34. The van der Waals surface area contributed by atoms with Gasteiger partial charge < -0.3 is 9.84 Å². The predicted octanol–water partition coefficient (Wildman–Crippen LogP) is 2.71. The molecule has 1 aromatic rings. The van der Waals surface area contributed by atoms with Gasteiger partial charge in [-0.25, -0.2) is 9.18 Å². The van der Waals surface area contributed by atoms with Gasteiger partial charge in [-0.05, 0) is 37.1 Å². The van der Waals surface area contributed by atoms with Gasteiger partial charge in [-0.3, -0.25) is 0 Å². The van der Waals surface area contributed by atoms with Crippen molar-refractivity contribution < 1.29 is 19.0 Å². The Kier molecular flexibility index (Phi) is 3.66. The van der Waals surface area contributed by atoms with E-state index in [0.29, 0.717) is 11.1 Å². The summed E-state index contributed by atoms with van der Waals surface area (Å²) in [6.45, 7) is 3.18. The summed E-state index contributed by atoms with van der Waals surface area (Å²) in [7, 11) is 1.37. The molecule has 4 heteroatoms. The van der Waals surface area contributed by atoms with Crippen LogP contribution in [0.1, 0.15) is 19.4 Å². The summed E-state index contributed by atoms with van der Waals surface area (Å²) in [4.78, 5) is 10.8. The number of hydrogen-bond donors (Lipinski definition) is 1. The van der Waals surface area contributed by atoms with E-state index in [2.05, 4.69) is 0 Å². The van der Waals surface area contributed by atoms with Gasteiger partial charge in [0, 0.05) is 5.57 Å². The van der Waals surface area contributed by atoms with E-state index in [1.165, 1.54) is 32.2 Å². The number of aliphatic carboxylic acids is 1. The zero-order valence-electron chi connectivity index (χ0n) is 9.37. The Morgan fingerprint density at radius 3 is 2.50 bits per heavy atom. The average Bonchev–Trinajstić information content (AvgIpc) is 2.27. The molecule has 0 aromatic heterocycles. The number of ether oxygens (including phenoxy) is 1. The lowest BCUT2D eigenvalue weighted by atomic mass is 10.0. The summed E-state index contributed by atoms with van der Waals surface area (Å²) in [6, 6.07) is 4.27. The fourth-order valence-corrected chi connectivity index (χ4v) is 1.27. The topological polar surface area (TPSA) is 46.5 Å². The Morgan fingerprint density at radius 1 is 1.38 bits per heavy atom. The molecular formula is C12H13FO3. The van der Waals surface area contributed by atoms with Gasteiger partial charge in [0.1, 0.15) is 0 Å². The third-order valence-corrected chi connectivity index (χ3v) is 2.47. The van der Waals surface area contributed by atoms with Gasteiger partial charge in [0.25, 0.3) is 0 Å². The Labute approximate surface area is 93.2 Å². The predicted molar refractivity (Wildman–Crippen MR) is 58.9 cm³/mol. The first kappa shape index (κ1) is 12.2. The minimum atomic E-state index is -0.985. The highest BCUT2D eigenvalue weighted by molar-refractivity contribution is 5.95. The number of allylic oxidation sites excluding steroid dienone is 1. The number of methoxy groups -OCH3 is 1. The van der Waals surface area contributed by atoms with E-state index in [0.717, 1.165) is 0 Å². The third kappa shape index (κ3) is 2.39. The molecule has 1 N–H and O–H groups in total. The van der Waals surface area contributed by atoms with Crippen molar-refractivity contribution >= 4 is 11.5 Å². The molecule has 0 aliphatic rings. The summed E-state index contributed by atoms with van der Waals surface area (Å²) in [6.07, 6.45) is 0. The first-order valence-corrected chi connectivity index (χ1v) is 4.72. The van der Waals surface area contributed by atoms with Crippen molar-refractivity contribution in [1.29, 1.82) is 0 Å². The first-order chi connectivity index (χ1) is 7.47. The maximum Gasteiger partial charge on any atom is 0.331 e. The third-order valence-electron chi connectivity index (χ3n) is 2.47. The Bertz CT molecular complexity index is 450. The maximum atomic E-state index is 13.1. The van der Waals surface area contributed by atoms with Crippen LogP contribution in [0.3, 0.4) is 0 Å². The number of carboxylic acids is 1. The fraction of sp³-hybridized carbons (Fsp3) is 0.250. The molecule has 86 valence electrons. The number of rotatable bonds is 3. The Morgan fingerprint density at radius 2 is 2.00 bits per heavy atom. The average molecular weight is 224 g/mol. The second-order valence-corrected chi connectivity index (χ2v) is 3.40. The normalized spacial score (nSPS) is 12.0. The molecule has 0 amide bonds. The van der Waals surface area contributed by atoms with Crippen molar-refractivity contribution in [3.8, 4) is 5.75 Å². The van der Waals surface area contributed by atoms with Crippen LogP contribution in [0, 0.1) is 5.82 Å². The van der Waals surface area contributed by atoms with Crippen molar-refractivity contribution in [2.45, 2.75) is 13.8 Å². The van der Waals surface area contributed by atoms with Crippen LogP contribution < -0.4 is 4.74 Å². The zero-order chi connectivity index (χ0) is 12.3. The molecule has 1 aromatic carbocycles. The highest BCUT2D eigenvalue weighted by Gasteiger charge is 2.10. The molecule has 0 bridgehead atoms. The van der Waals surface area contributed by atoms with Crippen molar-refractivity contribution in [3.63, 3.8) is 0 Å². The lowest BCUT2D eigenvalue weighted by molar-refractivity contribution is -0.132. The first-order valence-electron chi connectivity index (χ1n) is 4.72. The monoisotopic (exact) mass is 224 g/mol. The molecule has 0 fully saturated rings. The molecule has 0 radical (unpaired) electrons. The smallest absolute Gasteiger partial charge is 0.331 e. The lowest BCUT2D eigenvalue weighted by Gasteiger charge is -2.07. The van der Waals surface area contributed by atoms with Crippen molar-refractivity contribution in [3.05, 3.63) is 35.2 Å². The van der Waals surface area contributed by atoms with Crippen LogP contribution in [0.15, 0.2) is 23.8 Å². The van der Waals surface area contributed by atoms with Gasteiger partial charge in [0.05, 0.1) is 7.11 Å². The fourth-order valence-electron chi connectivity index (χ4n) is 1.27. The van der Waals surface area contributed by atoms with Gasteiger partial charge >= 0.3 is 5.97 Å². The van der Waals surface area contributed by atoms with E-state index in [1.54, 1.807) is 6.92 Å². The van der Waals surface area contributed by atoms with Crippen LogP contribution in [0.4, 0.5) is 4.39 Å². The van der Waals surface area contributed by atoms with Crippen LogP contribution >= 0.6 is 0 Å². The molecule has 16 heavy (non-hydrogen) atoms. The number of benzene rings is 1. The van der Waals surface area contributed by atoms with Crippen LogP contribution in [-0.2, 0) is 4.79 Å². The molecule has 0 saturated heterocycles. The van der Waals surface area contributed by atoms with Crippen LogP contribution in [0.5, 0.6) is 5.75 Å². The molecular weight excluding hydrogens is 211 g/mol. The molecule has 0 spiro atoms. The standard InChI is InChI=1S/C12H13FO3/c1-7(8(2)12(14)15)9-4-5-10(13)11(6-9)16-3/h4-6H,1-3H3,(H,14,15)/b8-7+. The number of carboxylic acid groups (broad SMARTS) is 1. The summed E-state index contributed by atoms with van der Waals surface area (Å²) in [5, 5.41) is 8.83. The highest BCUT2D eigenvalue weighted by Crippen LogP contribution is 2.25. The quantitative estimate of drug-likeness (QED) is 0.803. The van der Waals surface area contributed by atoms with E-state index in [4.69, 9.17) is 9.84 Å². The molecule has 0 saturated carbocycles. The van der Waals surface area contributed by atoms with E-state index in [1.807, 2.05) is 0 Å². The van der Waals surface area contributed by atoms with Crippen molar-refractivity contribution in [1.82, 2.24) is 0 Å². The molecule has 0 heterocycles. The molecule has 0 atom stereocenters.